The Hall–Kier alpha value is -4.66. The summed E-state index contributed by atoms with van der Waals surface area (Å²) in [4.78, 5) is 42.0. The third-order valence-electron chi connectivity index (χ3n) is 6.13. The van der Waals surface area contributed by atoms with Crippen LogP contribution in [0.15, 0.2) is 66.9 Å². The standard InChI is InChI=1S/C29H30N4O5/c1-4-38-25(36)17-30-28-26(21-12-6-5-10-19(21)3)32-27-22(13-8-14-33(27)28)29(37)31-23(16-24(34)35)20-11-7-9-18(2)15-20/h5-15,23,30H,4,16-17H2,1-3H3,(H,31,37)(H,34,35). The number of amides is 1. The van der Waals surface area contributed by atoms with Gasteiger partial charge in [-0.3, -0.25) is 18.8 Å². The third kappa shape index (κ3) is 5.83. The first kappa shape index (κ1) is 26.4. The zero-order valence-corrected chi connectivity index (χ0v) is 21.5. The number of pyridine rings is 1. The molecular weight excluding hydrogens is 484 g/mol. The molecule has 0 aliphatic carbocycles. The SMILES string of the molecule is CCOC(=O)CNc1c(-c2ccccc2C)nc2c(C(=O)NC(CC(=O)O)c3cccc(C)c3)cccn12. The summed E-state index contributed by atoms with van der Waals surface area (Å²) < 4.78 is 6.78. The Balaban J connectivity index is 1.77. The number of imidazole rings is 1. The number of nitrogens with one attached hydrogen (secondary N) is 2. The van der Waals surface area contributed by atoms with Crippen molar-refractivity contribution >= 4 is 29.3 Å². The minimum Gasteiger partial charge on any atom is -0.481 e. The van der Waals surface area contributed by atoms with Gasteiger partial charge in [0.2, 0.25) is 0 Å². The van der Waals surface area contributed by atoms with Gasteiger partial charge in [-0.15, -0.1) is 0 Å². The van der Waals surface area contributed by atoms with E-state index < -0.39 is 23.9 Å². The molecule has 196 valence electrons. The Morgan fingerprint density at radius 1 is 1.05 bits per heavy atom. The second kappa shape index (κ2) is 11.6. The van der Waals surface area contributed by atoms with Crippen LogP contribution in [0, 0.1) is 13.8 Å². The molecule has 2 aromatic carbocycles. The predicted molar refractivity (Wildman–Crippen MR) is 144 cm³/mol. The van der Waals surface area contributed by atoms with Gasteiger partial charge in [0, 0.05) is 11.8 Å². The van der Waals surface area contributed by atoms with Crippen molar-refractivity contribution in [2.24, 2.45) is 0 Å². The maximum absolute atomic E-state index is 13.5. The summed E-state index contributed by atoms with van der Waals surface area (Å²) >= 11 is 0. The van der Waals surface area contributed by atoms with Crippen LogP contribution >= 0.6 is 0 Å². The molecule has 2 aromatic heterocycles. The molecule has 0 bridgehead atoms. The van der Waals surface area contributed by atoms with Crippen molar-refractivity contribution in [3.63, 3.8) is 0 Å². The molecule has 1 amide bonds. The summed E-state index contributed by atoms with van der Waals surface area (Å²) in [5, 5.41) is 15.5. The van der Waals surface area contributed by atoms with Crippen LogP contribution in [0.4, 0.5) is 5.82 Å². The maximum atomic E-state index is 13.5. The number of carbonyl (C=O) groups is 3. The highest BCUT2D eigenvalue weighted by atomic mass is 16.5. The molecular formula is C29H30N4O5. The van der Waals surface area contributed by atoms with Crippen molar-refractivity contribution in [1.29, 1.82) is 0 Å². The lowest BCUT2D eigenvalue weighted by Gasteiger charge is -2.18. The summed E-state index contributed by atoms with van der Waals surface area (Å²) in [6.07, 6.45) is 1.48. The number of anilines is 1. The number of hydrogen-bond donors (Lipinski definition) is 3. The molecule has 1 atom stereocenters. The summed E-state index contributed by atoms with van der Waals surface area (Å²) in [5.41, 5.74) is 4.70. The van der Waals surface area contributed by atoms with Crippen LogP contribution in [-0.2, 0) is 14.3 Å². The van der Waals surface area contributed by atoms with E-state index in [9.17, 15) is 19.5 Å². The number of esters is 1. The van der Waals surface area contributed by atoms with E-state index in [1.807, 2.05) is 56.3 Å². The molecule has 4 rings (SSSR count). The predicted octanol–water partition coefficient (Wildman–Crippen LogP) is 4.54. The van der Waals surface area contributed by atoms with E-state index in [0.717, 1.165) is 16.7 Å². The molecule has 9 nitrogen and oxygen atoms in total. The molecule has 3 N–H and O–H groups in total. The van der Waals surface area contributed by atoms with Crippen molar-refractivity contribution < 1.29 is 24.2 Å². The zero-order valence-electron chi connectivity index (χ0n) is 21.5. The van der Waals surface area contributed by atoms with Gasteiger partial charge in [0.15, 0.2) is 5.65 Å². The summed E-state index contributed by atoms with van der Waals surface area (Å²) in [6, 6.07) is 17.7. The van der Waals surface area contributed by atoms with E-state index in [1.165, 1.54) is 0 Å². The van der Waals surface area contributed by atoms with Gasteiger partial charge < -0.3 is 20.5 Å². The van der Waals surface area contributed by atoms with Crippen LogP contribution in [0.5, 0.6) is 0 Å². The highest BCUT2D eigenvalue weighted by Gasteiger charge is 2.24. The number of benzene rings is 2. The summed E-state index contributed by atoms with van der Waals surface area (Å²) in [5.74, 6) is -1.36. The van der Waals surface area contributed by atoms with E-state index in [1.54, 1.807) is 35.7 Å². The average Bonchev–Trinajstić information content (AvgIpc) is 3.25. The van der Waals surface area contributed by atoms with Crippen LogP contribution in [0.3, 0.4) is 0 Å². The molecule has 0 saturated carbocycles. The molecule has 2 heterocycles. The van der Waals surface area contributed by atoms with Crippen LogP contribution in [0.25, 0.3) is 16.9 Å². The number of carboxylic acids is 1. The van der Waals surface area contributed by atoms with E-state index in [-0.39, 0.29) is 25.1 Å². The van der Waals surface area contributed by atoms with Crippen molar-refractivity contribution in [2.45, 2.75) is 33.2 Å². The molecule has 0 aliphatic rings. The number of nitrogens with zero attached hydrogens (tertiary/aromatic N) is 2. The number of aromatic nitrogens is 2. The minimum atomic E-state index is -1.02. The van der Waals surface area contributed by atoms with Crippen molar-refractivity contribution in [3.8, 4) is 11.3 Å². The Labute approximate surface area is 220 Å². The van der Waals surface area contributed by atoms with Gasteiger partial charge in [0.25, 0.3) is 5.91 Å². The topological polar surface area (TPSA) is 122 Å². The van der Waals surface area contributed by atoms with Crippen molar-refractivity contribution in [2.75, 3.05) is 18.5 Å². The molecule has 0 aliphatic heterocycles. The summed E-state index contributed by atoms with van der Waals surface area (Å²) in [7, 11) is 0. The number of rotatable bonds is 10. The van der Waals surface area contributed by atoms with Crippen LogP contribution in [-0.4, -0.2) is 45.5 Å². The van der Waals surface area contributed by atoms with Gasteiger partial charge in [-0.2, -0.15) is 0 Å². The molecule has 0 radical (unpaired) electrons. The van der Waals surface area contributed by atoms with Crippen LogP contribution in [0.1, 0.15) is 46.4 Å². The van der Waals surface area contributed by atoms with Gasteiger partial charge in [-0.25, -0.2) is 4.98 Å². The third-order valence-corrected chi connectivity index (χ3v) is 6.13. The van der Waals surface area contributed by atoms with Gasteiger partial charge in [0.05, 0.1) is 24.6 Å². The molecule has 0 saturated heterocycles. The second-order valence-corrected chi connectivity index (χ2v) is 8.94. The van der Waals surface area contributed by atoms with Crippen molar-refractivity contribution in [1.82, 2.24) is 14.7 Å². The first-order valence-corrected chi connectivity index (χ1v) is 12.3. The lowest BCUT2D eigenvalue weighted by atomic mass is 10.0. The number of aliphatic carboxylic acids is 1. The van der Waals surface area contributed by atoms with Crippen LogP contribution in [0.2, 0.25) is 0 Å². The highest BCUT2D eigenvalue weighted by Crippen LogP contribution is 2.32. The number of carboxylic acid groups (broad SMARTS) is 1. The monoisotopic (exact) mass is 514 g/mol. The van der Waals surface area contributed by atoms with Gasteiger partial charge >= 0.3 is 11.9 Å². The largest absolute Gasteiger partial charge is 0.481 e. The number of fused-ring (bicyclic) bond motifs is 1. The fourth-order valence-electron chi connectivity index (χ4n) is 4.36. The van der Waals surface area contributed by atoms with E-state index in [2.05, 4.69) is 10.6 Å². The lowest BCUT2D eigenvalue weighted by Crippen LogP contribution is -2.30. The number of hydrogen-bond acceptors (Lipinski definition) is 6. The molecule has 1 unspecified atom stereocenters. The first-order chi connectivity index (χ1) is 18.3. The summed E-state index contributed by atoms with van der Waals surface area (Å²) in [6.45, 7) is 5.79. The molecule has 4 aromatic rings. The number of ether oxygens (including phenoxy) is 1. The number of carbonyl (C=O) groups excluding carboxylic acids is 2. The van der Waals surface area contributed by atoms with Crippen LogP contribution < -0.4 is 10.6 Å². The second-order valence-electron chi connectivity index (χ2n) is 8.94. The van der Waals surface area contributed by atoms with Gasteiger partial charge in [-0.05, 0) is 44.0 Å². The fourth-order valence-corrected chi connectivity index (χ4v) is 4.36. The quantitative estimate of drug-likeness (QED) is 0.266. The van der Waals surface area contributed by atoms with Gasteiger partial charge in [-0.1, -0.05) is 54.1 Å². The normalized spacial score (nSPS) is 11.7. The van der Waals surface area contributed by atoms with E-state index >= 15 is 0 Å². The number of aryl methyl sites for hydroxylation is 2. The van der Waals surface area contributed by atoms with Crippen molar-refractivity contribution in [3.05, 3.63) is 89.1 Å². The molecule has 9 heteroatoms. The average molecular weight is 515 g/mol. The highest BCUT2D eigenvalue weighted by molar-refractivity contribution is 6.01. The smallest absolute Gasteiger partial charge is 0.325 e. The lowest BCUT2D eigenvalue weighted by molar-refractivity contribution is -0.141. The van der Waals surface area contributed by atoms with E-state index in [4.69, 9.17) is 9.72 Å². The maximum Gasteiger partial charge on any atom is 0.325 e. The first-order valence-electron chi connectivity index (χ1n) is 12.3. The molecule has 0 fully saturated rings. The Morgan fingerprint density at radius 3 is 2.55 bits per heavy atom. The Morgan fingerprint density at radius 2 is 1.84 bits per heavy atom. The molecule has 38 heavy (non-hydrogen) atoms. The minimum absolute atomic E-state index is 0.0784. The Kier molecular flexibility index (Phi) is 8.06. The van der Waals surface area contributed by atoms with Gasteiger partial charge in [0.1, 0.15) is 18.1 Å². The van der Waals surface area contributed by atoms with E-state index in [0.29, 0.717) is 22.7 Å². The Bertz CT molecular complexity index is 1490. The molecule has 0 spiro atoms. The zero-order chi connectivity index (χ0) is 27.2. The fraction of sp³-hybridized carbons (Fsp3) is 0.241.